The van der Waals surface area contributed by atoms with E-state index in [4.69, 9.17) is 9.15 Å². The highest BCUT2D eigenvalue weighted by Gasteiger charge is 2.16. The molecule has 1 aromatic heterocycles. The fraction of sp³-hybridized carbons (Fsp3) is 0.214. The lowest BCUT2D eigenvalue weighted by Gasteiger charge is -2.06. The van der Waals surface area contributed by atoms with E-state index in [1.165, 1.54) is 31.4 Å². The second-order valence-corrected chi connectivity index (χ2v) is 5.39. The highest BCUT2D eigenvalue weighted by Crippen LogP contribution is 2.31. The Hall–Kier alpha value is -2.88. The van der Waals surface area contributed by atoms with Gasteiger partial charge in [-0.3, -0.25) is 10.1 Å². The highest BCUT2D eigenvalue weighted by molar-refractivity contribution is 8.03. The van der Waals surface area contributed by atoms with Crippen molar-refractivity contribution in [2.45, 2.75) is 18.6 Å². The monoisotopic (exact) mass is 350 g/mol. The zero-order valence-electron chi connectivity index (χ0n) is 12.7. The Morgan fingerprint density at radius 1 is 1.46 bits per heavy atom. The molecule has 0 aliphatic carbocycles. The SMILES string of the molecule is CCc1nnc(S/C(=C\c2ccc(OC)c([N+](=O)[O-])c2)C(=O)[O-])o1. The Labute approximate surface area is 140 Å². The van der Waals surface area contributed by atoms with Crippen molar-refractivity contribution < 1.29 is 24.0 Å². The van der Waals surface area contributed by atoms with E-state index in [9.17, 15) is 20.0 Å². The van der Waals surface area contributed by atoms with Gasteiger partial charge >= 0.3 is 5.69 Å². The van der Waals surface area contributed by atoms with Crippen molar-refractivity contribution in [1.82, 2.24) is 10.2 Å². The molecule has 1 aromatic carbocycles. The molecular formula is C14H12N3O6S-. The van der Waals surface area contributed by atoms with Crippen LogP contribution in [-0.2, 0) is 11.2 Å². The number of carboxylic acid groups (broad SMARTS) is 1. The molecule has 0 N–H and O–H groups in total. The number of carbonyl (C=O) groups excluding carboxylic acids is 1. The molecule has 10 heteroatoms. The Balaban J connectivity index is 2.35. The van der Waals surface area contributed by atoms with Gasteiger partial charge in [-0.15, -0.1) is 10.2 Å². The van der Waals surface area contributed by atoms with Crippen LogP contribution in [-0.4, -0.2) is 28.2 Å². The number of aromatic nitrogens is 2. The Bertz CT molecular complexity index is 802. The van der Waals surface area contributed by atoms with E-state index in [1.54, 1.807) is 0 Å². The van der Waals surface area contributed by atoms with Crippen molar-refractivity contribution in [2.24, 2.45) is 0 Å². The van der Waals surface area contributed by atoms with Crippen molar-refractivity contribution in [2.75, 3.05) is 7.11 Å². The number of benzene rings is 1. The van der Waals surface area contributed by atoms with Crippen LogP contribution in [0, 0.1) is 10.1 Å². The van der Waals surface area contributed by atoms with Gasteiger partial charge in [-0.05, 0) is 29.5 Å². The zero-order chi connectivity index (χ0) is 17.7. The van der Waals surface area contributed by atoms with Crippen molar-refractivity contribution in [3.05, 3.63) is 44.7 Å². The van der Waals surface area contributed by atoms with Gasteiger partial charge in [-0.1, -0.05) is 13.0 Å². The lowest BCUT2D eigenvalue weighted by molar-refractivity contribution is -0.385. The molecule has 0 saturated heterocycles. The lowest BCUT2D eigenvalue weighted by atomic mass is 10.1. The summed E-state index contributed by atoms with van der Waals surface area (Å²) < 4.78 is 10.1. The van der Waals surface area contributed by atoms with Gasteiger partial charge in [-0.25, -0.2) is 0 Å². The number of aryl methyl sites for hydroxylation is 1. The predicted molar refractivity (Wildman–Crippen MR) is 82.2 cm³/mol. The summed E-state index contributed by atoms with van der Waals surface area (Å²) in [6, 6.07) is 4.07. The number of thioether (sulfide) groups is 1. The van der Waals surface area contributed by atoms with E-state index in [0.717, 1.165) is 0 Å². The van der Waals surface area contributed by atoms with Gasteiger partial charge < -0.3 is 19.1 Å². The van der Waals surface area contributed by atoms with Gasteiger partial charge in [0.1, 0.15) is 0 Å². The number of hydrogen-bond acceptors (Lipinski definition) is 9. The first kappa shape index (κ1) is 17.5. The first-order valence-electron chi connectivity index (χ1n) is 6.70. The third-order valence-corrected chi connectivity index (χ3v) is 3.69. The maximum absolute atomic E-state index is 11.3. The number of nitro groups is 1. The molecule has 0 amide bonds. The molecule has 9 nitrogen and oxygen atoms in total. The molecule has 2 aromatic rings. The Kier molecular flexibility index (Phi) is 5.53. The molecule has 0 aliphatic heterocycles. The Morgan fingerprint density at radius 3 is 2.75 bits per heavy atom. The lowest BCUT2D eigenvalue weighted by Crippen LogP contribution is -2.23. The number of carbonyl (C=O) groups is 1. The van der Waals surface area contributed by atoms with Crippen LogP contribution in [0.3, 0.4) is 0 Å². The fourth-order valence-electron chi connectivity index (χ4n) is 1.74. The molecule has 126 valence electrons. The number of nitro benzene ring substituents is 1. The van der Waals surface area contributed by atoms with Crippen molar-refractivity contribution >= 4 is 29.5 Å². The number of hydrogen-bond donors (Lipinski definition) is 0. The zero-order valence-corrected chi connectivity index (χ0v) is 13.5. The van der Waals surface area contributed by atoms with Crippen LogP contribution >= 0.6 is 11.8 Å². The second kappa shape index (κ2) is 7.59. The molecular weight excluding hydrogens is 338 g/mol. The standard InChI is InChI=1S/C14H13N3O6S/c1-3-12-15-16-14(23-12)24-11(13(18)19)7-8-4-5-10(22-2)9(6-8)17(20)21/h4-7H,3H2,1-2H3,(H,18,19)/p-1/b11-7-. The van der Waals surface area contributed by atoms with Crippen LogP contribution in [0.2, 0.25) is 0 Å². The first-order valence-corrected chi connectivity index (χ1v) is 7.52. The maximum Gasteiger partial charge on any atom is 0.311 e. The molecule has 2 rings (SSSR count). The van der Waals surface area contributed by atoms with E-state index in [2.05, 4.69) is 10.2 Å². The minimum atomic E-state index is -1.46. The number of ether oxygens (including phenoxy) is 1. The topological polar surface area (TPSA) is 131 Å². The molecule has 24 heavy (non-hydrogen) atoms. The van der Waals surface area contributed by atoms with Gasteiger partial charge in [-0.2, -0.15) is 0 Å². The Morgan fingerprint density at radius 2 is 2.21 bits per heavy atom. The molecule has 1 heterocycles. The molecule has 0 unspecified atom stereocenters. The summed E-state index contributed by atoms with van der Waals surface area (Å²) in [4.78, 5) is 21.5. The number of methoxy groups -OCH3 is 1. The van der Waals surface area contributed by atoms with Crippen molar-refractivity contribution in [1.29, 1.82) is 0 Å². The molecule has 0 radical (unpaired) electrons. The van der Waals surface area contributed by atoms with Crippen molar-refractivity contribution in [3.8, 4) is 5.75 Å². The summed E-state index contributed by atoms with van der Waals surface area (Å²) >= 11 is 0.710. The number of rotatable bonds is 7. The fourth-order valence-corrected chi connectivity index (χ4v) is 2.42. The van der Waals surface area contributed by atoms with Gasteiger partial charge in [0.25, 0.3) is 5.22 Å². The van der Waals surface area contributed by atoms with Gasteiger partial charge in [0, 0.05) is 17.4 Å². The first-order chi connectivity index (χ1) is 11.4. The highest BCUT2D eigenvalue weighted by atomic mass is 32.2. The summed E-state index contributed by atoms with van der Waals surface area (Å²) in [5.41, 5.74) is 0.0180. The van der Waals surface area contributed by atoms with Crippen LogP contribution in [0.5, 0.6) is 5.75 Å². The van der Waals surface area contributed by atoms with Crippen molar-refractivity contribution in [3.63, 3.8) is 0 Å². The predicted octanol–water partition coefficient (Wildman–Crippen LogP) is 1.43. The summed E-state index contributed by atoms with van der Waals surface area (Å²) in [6.07, 6.45) is 1.74. The molecule has 0 aliphatic rings. The third kappa shape index (κ3) is 4.10. The largest absolute Gasteiger partial charge is 0.544 e. The van der Waals surface area contributed by atoms with E-state index < -0.39 is 10.9 Å². The maximum atomic E-state index is 11.3. The normalized spacial score (nSPS) is 11.3. The summed E-state index contributed by atoms with van der Waals surface area (Å²) in [7, 11) is 1.31. The van der Waals surface area contributed by atoms with E-state index in [-0.39, 0.29) is 21.6 Å². The third-order valence-electron chi connectivity index (χ3n) is 2.85. The van der Waals surface area contributed by atoms with E-state index in [0.29, 0.717) is 29.6 Å². The van der Waals surface area contributed by atoms with Gasteiger partial charge in [0.05, 0.1) is 18.0 Å². The molecule has 0 bridgehead atoms. The average Bonchev–Trinajstić information content (AvgIpc) is 3.01. The minimum absolute atomic E-state index is 0.0466. The van der Waals surface area contributed by atoms with Gasteiger partial charge in [0.15, 0.2) is 5.75 Å². The number of aliphatic carboxylic acids is 1. The molecule has 0 spiro atoms. The van der Waals surface area contributed by atoms with Crippen LogP contribution in [0.25, 0.3) is 6.08 Å². The average molecular weight is 350 g/mol. The quantitative estimate of drug-likeness (QED) is 0.315. The van der Waals surface area contributed by atoms with Crippen LogP contribution in [0.15, 0.2) is 32.7 Å². The molecule has 0 fully saturated rings. The smallest absolute Gasteiger partial charge is 0.311 e. The summed E-state index contributed by atoms with van der Waals surface area (Å²) in [6.45, 7) is 1.81. The summed E-state index contributed by atoms with van der Waals surface area (Å²) in [5, 5.41) is 29.8. The second-order valence-electron chi connectivity index (χ2n) is 4.40. The van der Waals surface area contributed by atoms with E-state index >= 15 is 0 Å². The van der Waals surface area contributed by atoms with Crippen LogP contribution in [0.4, 0.5) is 5.69 Å². The molecule has 0 atom stereocenters. The molecule has 0 saturated carbocycles. The minimum Gasteiger partial charge on any atom is -0.544 e. The van der Waals surface area contributed by atoms with Gasteiger partial charge in [0.2, 0.25) is 5.89 Å². The number of nitrogens with zero attached hydrogens (tertiary/aromatic N) is 3. The van der Waals surface area contributed by atoms with Crippen LogP contribution < -0.4 is 9.84 Å². The summed E-state index contributed by atoms with van der Waals surface area (Å²) in [5.74, 6) is -1.02. The van der Waals surface area contributed by atoms with Crippen LogP contribution in [0.1, 0.15) is 18.4 Å². The number of carboxylic acids is 1. The van der Waals surface area contributed by atoms with E-state index in [1.807, 2.05) is 6.92 Å².